The van der Waals surface area contributed by atoms with Crippen molar-refractivity contribution in [2.75, 3.05) is 18.8 Å². The standard InChI is InChI=1S/C23H28N8O3/c1-13-28-16-5-3-14(7-17(16)29-13)4-6-19(33)30-9-15(32)8-23(2,34)18(10-30)31-12-27-20-21(24)25-11-26-22(20)31/h3,5,7,11-12,15,18,32,34H,4,6,8-10H2,1-2H3,(H,28,29)(H2,24,25,26)/t15-,18+,23+/m0/s1. The third kappa shape index (κ3) is 4.08. The van der Waals surface area contributed by atoms with Gasteiger partial charge in [-0.1, -0.05) is 6.07 Å². The Morgan fingerprint density at radius 3 is 2.94 bits per heavy atom. The van der Waals surface area contributed by atoms with Crippen LogP contribution in [-0.4, -0.2) is 75.3 Å². The number of nitrogen functional groups attached to an aromatic ring is 1. The molecule has 4 heterocycles. The van der Waals surface area contributed by atoms with Crippen LogP contribution in [0.15, 0.2) is 30.9 Å². The third-order valence-corrected chi connectivity index (χ3v) is 6.56. The molecule has 0 aliphatic carbocycles. The van der Waals surface area contributed by atoms with Gasteiger partial charge in [-0.3, -0.25) is 4.79 Å². The van der Waals surface area contributed by atoms with Crippen LogP contribution in [0.5, 0.6) is 0 Å². The number of hydrogen-bond acceptors (Lipinski definition) is 8. The van der Waals surface area contributed by atoms with Crippen LogP contribution in [-0.2, 0) is 11.2 Å². The number of anilines is 1. The molecule has 5 N–H and O–H groups in total. The fourth-order valence-electron chi connectivity index (χ4n) is 4.85. The summed E-state index contributed by atoms with van der Waals surface area (Å²) in [7, 11) is 0. The van der Waals surface area contributed by atoms with Gasteiger partial charge in [-0.05, 0) is 38.0 Å². The Morgan fingerprint density at radius 2 is 2.12 bits per heavy atom. The number of aliphatic hydroxyl groups excluding tert-OH is 1. The monoisotopic (exact) mass is 464 g/mol. The van der Waals surface area contributed by atoms with Gasteiger partial charge in [0.25, 0.3) is 0 Å². The topological polar surface area (TPSA) is 159 Å². The number of rotatable bonds is 4. The molecule has 0 unspecified atom stereocenters. The van der Waals surface area contributed by atoms with Crippen LogP contribution < -0.4 is 5.73 Å². The highest BCUT2D eigenvalue weighted by atomic mass is 16.3. The molecule has 178 valence electrons. The van der Waals surface area contributed by atoms with Crippen molar-refractivity contribution in [2.45, 2.75) is 50.9 Å². The number of aromatic amines is 1. The number of carbonyl (C=O) groups excluding carboxylic acids is 1. The quantitative estimate of drug-likeness (QED) is 0.349. The van der Waals surface area contributed by atoms with Crippen molar-refractivity contribution in [1.82, 2.24) is 34.4 Å². The number of nitrogens with two attached hydrogens (primary N) is 1. The lowest BCUT2D eigenvalue weighted by Gasteiger charge is -2.34. The summed E-state index contributed by atoms with van der Waals surface area (Å²) in [6, 6.07) is 5.36. The first-order valence-electron chi connectivity index (χ1n) is 11.3. The molecule has 0 spiro atoms. The number of aryl methyl sites for hydroxylation is 2. The minimum Gasteiger partial charge on any atom is -0.391 e. The summed E-state index contributed by atoms with van der Waals surface area (Å²) in [6.45, 7) is 3.92. The number of benzene rings is 1. The van der Waals surface area contributed by atoms with Crippen molar-refractivity contribution in [3.05, 3.63) is 42.2 Å². The zero-order valence-electron chi connectivity index (χ0n) is 19.1. The van der Waals surface area contributed by atoms with Gasteiger partial charge in [0.15, 0.2) is 11.5 Å². The largest absolute Gasteiger partial charge is 0.391 e. The molecule has 1 amide bonds. The van der Waals surface area contributed by atoms with Gasteiger partial charge in [-0.2, -0.15) is 0 Å². The first-order valence-corrected chi connectivity index (χ1v) is 11.3. The SMILES string of the molecule is Cc1nc2ccc(CCC(=O)N3C[C@@H](O)C[C@@](C)(O)[C@H](n4cnc5c(N)ncnc54)C3)cc2[nH]1. The summed E-state index contributed by atoms with van der Waals surface area (Å²) in [4.78, 5) is 35.0. The molecule has 1 fully saturated rings. The summed E-state index contributed by atoms with van der Waals surface area (Å²) < 4.78 is 1.72. The van der Waals surface area contributed by atoms with E-state index in [9.17, 15) is 15.0 Å². The first-order chi connectivity index (χ1) is 16.2. The fraction of sp³-hybridized carbons (Fsp3) is 0.435. The number of likely N-dealkylation sites (tertiary alicyclic amines) is 1. The second kappa shape index (κ2) is 8.33. The fourth-order valence-corrected chi connectivity index (χ4v) is 4.85. The summed E-state index contributed by atoms with van der Waals surface area (Å²) in [6.07, 6.45) is 2.98. The Kier molecular flexibility index (Phi) is 5.45. The number of imidazole rings is 2. The molecule has 5 rings (SSSR count). The lowest BCUT2D eigenvalue weighted by atomic mass is 9.91. The first kappa shape index (κ1) is 22.2. The lowest BCUT2D eigenvalue weighted by molar-refractivity contribution is -0.132. The van der Waals surface area contributed by atoms with Crippen molar-refractivity contribution in [3.8, 4) is 0 Å². The van der Waals surface area contributed by atoms with E-state index in [1.165, 1.54) is 6.33 Å². The number of hydrogen-bond donors (Lipinski definition) is 4. The number of nitrogens with zero attached hydrogens (tertiary/aromatic N) is 6. The van der Waals surface area contributed by atoms with Gasteiger partial charge in [0.05, 0.1) is 35.1 Å². The molecule has 4 aromatic rings. The van der Waals surface area contributed by atoms with E-state index in [4.69, 9.17) is 5.73 Å². The number of H-pyrrole nitrogens is 1. The number of nitrogens with one attached hydrogen (secondary N) is 1. The van der Waals surface area contributed by atoms with Gasteiger partial charge in [0.2, 0.25) is 5.91 Å². The minimum absolute atomic E-state index is 0.0961. The van der Waals surface area contributed by atoms with Gasteiger partial charge in [0.1, 0.15) is 17.7 Å². The second-order valence-corrected chi connectivity index (χ2v) is 9.29. The second-order valence-electron chi connectivity index (χ2n) is 9.29. The zero-order valence-corrected chi connectivity index (χ0v) is 19.1. The van der Waals surface area contributed by atoms with E-state index >= 15 is 0 Å². The number of carbonyl (C=O) groups is 1. The van der Waals surface area contributed by atoms with E-state index < -0.39 is 17.7 Å². The molecular weight excluding hydrogens is 436 g/mol. The van der Waals surface area contributed by atoms with Crippen LogP contribution in [0.2, 0.25) is 0 Å². The van der Waals surface area contributed by atoms with E-state index in [1.54, 1.807) is 22.7 Å². The van der Waals surface area contributed by atoms with Crippen LogP contribution in [0.1, 0.15) is 37.2 Å². The predicted molar refractivity (Wildman–Crippen MR) is 126 cm³/mol. The zero-order chi connectivity index (χ0) is 24.0. The maximum atomic E-state index is 13.2. The van der Waals surface area contributed by atoms with E-state index in [2.05, 4.69) is 24.9 Å². The molecule has 1 saturated heterocycles. The number of aromatic nitrogens is 6. The van der Waals surface area contributed by atoms with Crippen LogP contribution in [0.3, 0.4) is 0 Å². The van der Waals surface area contributed by atoms with Crippen molar-refractivity contribution in [3.63, 3.8) is 0 Å². The summed E-state index contributed by atoms with van der Waals surface area (Å²) in [5, 5.41) is 21.9. The Balaban J connectivity index is 1.38. The summed E-state index contributed by atoms with van der Waals surface area (Å²) in [5.41, 5.74) is 8.40. The Labute approximate surface area is 195 Å². The highest BCUT2D eigenvalue weighted by Crippen LogP contribution is 2.34. The maximum absolute atomic E-state index is 13.2. The van der Waals surface area contributed by atoms with Crippen molar-refractivity contribution >= 4 is 33.9 Å². The van der Waals surface area contributed by atoms with Crippen molar-refractivity contribution < 1.29 is 15.0 Å². The molecule has 11 nitrogen and oxygen atoms in total. The van der Waals surface area contributed by atoms with Gasteiger partial charge < -0.3 is 30.4 Å². The lowest BCUT2D eigenvalue weighted by Crippen LogP contribution is -2.42. The predicted octanol–water partition coefficient (Wildman–Crippen LogP) is 1.11. The Hall–Kier alpha value is -3.57. The number of β-amino-alcohol motifs (C(OH)–C–C–N with tert-alkyl or cyclic N) is 1. The van der Waals surface area contributed by atoms with Crippen molar-refractivity contribution in [2.24, 2.45) is 0 Å². The molecule has 11 heteroatoms. The molecule has 34 heavy (non-hydrogen) atoms. The van der Waals surface area contributed by atoms with Crippen LogP contribution in [0, 0.1) is 6.92 Å². The molecule has 1 aromatic carbocycles. The molecule has 0 radical (unpaired) electrons. The van der Waals surface area contributed by atoms with Gasteiger partial charge >= 0.3 is 0 Å². The van der Waals surface area contributed by atoms with Crippen molar-refractivity contribution in [1.29, 1.82) is 0 Å². The number of amides is 1. The molecule has 0 bridgehead atoms. The normalized spacial score (nSPS) is 23.5. The highest BCUT2D eigenvalue weighted by Gasteiger charge is 2.42. The average Bonchev–Trinajstić information content (AvgIpc) is 3.34. The Morgan fingerprint density at radius 1 is 1.29 bits per heavy atom. The molecule has 3 atom stereocenters. The summed E-state index contributed by atoms with van der Waals surface area (Å²) >= 11 is 0. The van der Waals surface area contributed by atoms with E-state index in [0.29, 0.717) is 17.6 Å². The third-order valence-electron chi connectivity index (χ3n) is 6.56. The van der Waals surface area contributed by atoms with Crippen LogP contribution >= 0.6 is 0 Å². The molecular formula is C23H28N8O3. The molecule has 1 aliphatic rings. The van der Waals surface area contributed by atoms with Crippen LogP contribution in [0.25, 0.3) is 22.2 Å². The van der Waals surface area contributed by atoms with Crippen LogP contribution in [0.4, 0.5) is 5.82 Å². The highest BCUT2D eigenvalue weighted by molar-refractivity contribution is 5.81. The number of aliphatic hydroxyl groups is 2. The number of fused-ring (bicyclic) bond motifs is 2. The van der Waals surface area contributed by atoms with Gasteiger partial charge in [0, 0.05) is 25.9 Å². The van der Waals surface area contributed by atoms with Gasteiger partial charge in [-0.25, -0.2) is 19.9 Å². The average molecular weight is 465 g/mol. The smallest absolute Gasteiger partial charge is 0.223 e. The molecule has 3 aromatic heterocycles. The van der Waals surface area contributed by atoms with E-state index in [1.807, 2.05) is 25.1 Å². The molecule has 0 saturated carbocycles. The van der Waals surface area contributed by atoms with E-state index in [0.717, 1.165) is 22.4 Å². The van der Waals surface area contributed by atoms with Gasteiger partial charge in [-0.15, -0.1) is 0 Å². The minimum atomic E-state index is -1.30. The summed E-state index contributed by atoms with van der Waals surface area (Å²) in [5.74, 6) is 0.995. The Bertz CT molecular complexity index is 1360. The maximum Gasteiger partial charge on any atom is 0.223 e. The van der Waals surface area contributed by atoms with E-state index in [-0.39, 0.29) is 37.7 Å². The molecule has 1 aliphatic heterocycles.